The quantitative estimate of drug-likeness (QED) is 0.760. The number of aryl methyl sites for hydroxylation is 1. The van der Waals surface area contributed by atoms with E-state index in [1.807, 2.05) is 25.1 Å². The molecule has 0 bridgehead atoms. The van der Waals surface area contributed by atoms with Gasteiger partial charge in [0.1, 0.15) is 12.4 Å². The van der Waals surface area contributed by atoms with Gasteiger partial charge in [-0.2, -0.15) is 0 Å². The molecule has 2 rings (SSSR count). The number of hydrogen-bond acceptors (Lipinski definition) is 6. The first-order valence-corrected chi connectivity index (χ1v) is 7.30. The summed E-state index contributed by atoms with van der Waals surface area (Å²) in [6, 6.07) is 5.66. The van der Waals surface area contributed by atoms with E-state index in [0.717, 1.165) is 10.0 Å². The summed E-state index contributed by atoms with van der Waals surface area (Å²) in [5, 5.41) is 0. The van der Waals surface area contributed by atoms with E-state index in [2.05, 4.69) is 15.9 Å². The van der Waals surface area contributed by atoms with Crippen LogP contribution in [0.3, 0.4) is 0 Å². The Morgan fingerprint density at radius 1 is 1.23 bits per heavy atom. The molecule has 118 valence electrons. The Bertz CT molecular complexity index is 641. The van der Waals surface area contributed by atoms with Crippen LogP contribution in [-0.2, 0) is 23.8 Å². The van der Waals surface area contributed by atoms with Gasteiger partial charge in [0.05, 0.1) is 32.1 Å². The summed E-state index contributed by atoms with van der Waals surface area (Å²) in [5.41, 5.74) is 2.02. The molecule has 1 aromatic rings. The van der Waals surface area contributed by atoms with Gasteiger partial charge in [0, 0.05) is 4.47 Å². The van der Waals surface area contributed by atoms with E-state index in [1.165, 1.54) is 14.2 Å². The SMILES string of the molecule is COC(=O)C1=C(C(=O)OC)N(c2ccc(C)cc2Br)COC1. The third-order valence-electron chi connectivity index (χ3n) is 3.23. The van der Waals surface area contributed by atoms with Crippen molar-refractivity contribution in [1.82, 2.24) is 0 Å². The number of halogens is 1. The lowest BCUT2D eigenvalue weighted by Crippen LogP contribution is -2.39. The standard InChI is InChI=1S/C15H16BrNO5/c1-9-4-5-12(11(16)6-9)17-8-22-7-10(14(18)20-2)13(17)15(19)21-3/h4-6H,7-8H2,1-3H3. The summed E-state index contributed by atoms with van der Waals surface area (Å²) in [5.74, 6) is -1.23. The number of carbonyl (C=O) groups excluding carboxylic acids is 2. The second kappa shape index (κ2) is 6.93. The molecule has 0 atom stereocenters. The van der Waals surface area contributed by atoms with Crippen molar-refractivity contribution in [2.24, 2.45) is 0 Å². The molecule has 6 nitrogen and oxygen atoms in total. The molecule has 1 aromatic carbocycles. The van der Waals surface area contributed by atoms with Crippen LogP contribution in [0.1, 0.15) is 5.56 Å². The van der Waals surface area contributed by atoms with Gasteiger partial charge in [-0.25, -0.2) is 9.59 Å². The van der Waals surface area contributed by atoms with Crippen molar-refractivity contribution in [3.63, 3.8) is 0 Å². The minimum absolute atomic E-state index is 0.00289. The van der Waals surface area contributed by atoms with Gasteiger partial charge in [-0.15, -0.1) is 0 Å². The maximum Gasteiger partial charge on any atom is 0.355 e. The number of hydrogen-bond donors (Lipinski definition) is 0. The molecule has 22 heavy (non-hydrogen) atoms. The fourth-order valence-corrected chi connectivity index (χ4v) is 2.87. The predicted molar refractivity (Wildman–Crippen MR) is 83.2 cm³/mol. The van der Waals surface area contributed by atoms with Crippen molar-refractivity contribution in [3.05, 3.63) is 39.5 Å². The van der Waals surface area contributed by atoms with Gasteiger partial charge < -0.3 is 19.1 Å². The van der Waals surface area contributed by atoms with E-state index in [0.29, 0.717) is 5.69 Å². The molecule has 0 saturated heterocycles. The molecule has 1 aliphatic rings. The molecule has 0 spiro atoms. The number of methoxy groups -OCH3 is 2. The van der Waals surface area contributed by atoms with Crippen LogP contribution in [0, 0.1) is 6.92 Å². The van der Waals surface area contributed by atoms with Crippen LogP contribution < -0.4 is 4.90 Å². The second-order valence-electron chi connectivity index (χ2n) is 4.67. The van der Waals surface area contributed by atoms with E-state index >= 15 is 0 Å². The van der Waals surface area contributed by atoms with Gasteiger partial charge in [0.2, 0.25) is 0 Å². The van der Waals surface area contributed by atoms with E-state index in [9.17, 15) is 9.59 Å². The zero-order chi connectivity index (χ0) is 16.3. The van der Waals surface area contributed by atoms with Gasteiger partial charge >= 0.3 is 11.9 Å². The van der Waals surface area contributed by atoms with Crippen molar-refractivity contribution in [2.45, 2.75) is 6.92 Å². The third kappa shape index (κ3) is 3.15. The van der Waals surface area contributed by atoms with Crippen molar-refractivity contribution >= 4 is 33.6 Å². The van der Waals surface area contributed by atoms with Gasteiger partial charge in [-0.1, -0.05) is 6.07 Å². The molecule has 0 N–H and O–H groups in total. The summed E-state index contributed by atoms with van der Waals surface area (Å²) in [4.78, 5) is 25.7. The Labute approximate surface area is 136 Å². The Morgan fingerprint density at radius 3 is 2.50 bits per heavy atom. The van der Waals surface area contributed by atoms with Gasteiger partial charge in [-0.3, -0.25) is 0 Å². The number of nitrogens with zero attached hydrogens (tertiary/aromatic N) is 1. The van der Waals surface area contributed by atoms with Crippen molar-refractivity contribution < 1.29 is 23.8 Å². The normalized spacial score (nSPS) is 14.8. The Kier molecular flexibility index (Phi) is 5.20. The Morgan fingerprint density at radius 2 is 1.91 bits per heavy atom. The first-order valence-electron chi connectivity index (χ1n) is 6.50. The smallest absolute Gasteiger partial charge is 0.355 e. The zero-order valence-corrected chi connectivity index (χ0v) is 14.1. The Balaban J connectivity index is 2.57. The molecule has 0 fully saturated rings. The zero-order valence-electron chi connectivity index (χ0n) is 12.5. The molecule has 0 aromatic heterocycles. The van der Waals surface area contributed by atoms with Crippen molar-refractivity contribution in [2.75, 3.05) is 32.5 Å². The molecule has 0 radical (unpaired) electrons. The highest BCUT2D eigenvalue weighted by Gasteiger charge is 2.33. The average Bonchev–Trinajstić information content (AvgIpc) is 2.52. The van der Waals surface area contributed by atoms with Gasteiger partial charge in [0.25, 0.3) is 0 Å². The summed E-state index contributed by atoms with van der Waals surface area (Å²) in [7, 11) is 2.52. The molecular formula is C15H16BrNO5. The van der Waals surface area contributed by atoms with Crippen LogP contribution in [0.15, 0.2) is 33.9 Å². The molecular weight excluding hydrogens is 354 g/mol. The van der Waals surface area contributed by atoms with Crippen molar-refractivity contribution in [1.29, 1.82) is 0 Å². The number of carbonyl (C=O) groups is 2. The number of rotatable bonds is 3. The lowest BCUT2D eigenvalue weighted by Gasteiger charge is -2.32. The number of esters is 2. The monoisotopic (exact) mass is 369 g/mol. The van der Waals surface area contributed by atoms with Crippen LogP contribution in [-0.4, -0.2) is 39.5 Å². The maximum absolute atomic E-state index is 12.2. The fraction of sp³-hybridized carbons (Fsp3) is 0.333. The molecule has 0 aliphatic carbocycles. The molecule has 0 amide bonds. The number of ether oxygens (including phenoxy) is 3. The lowest BCUT2D eigenvalue weighted by atomic mass is 10.1. The van der Waals surface area contributed by atoms with Crippen LogP contribution in [0.2, 0.25) is 0 Å². The molecule has 0 unspecified atom stereocenters. The summed E-state index contributed by atoms with van der Waals surface area (Å²) in [6.07, 6.45) is 0. The first-order chi connectivity index (χ1) is 10.5. The maximum atomic E-state index is 12.2. The van der Waals surface area contributed by atoms with Gasteiger partial charge in [-0.05, 0) is 40.5 Å². The molecule has 1 aliphatic heterocycles. The minimum atomic E-state index is -0.617. The summed E-state index contributed by atoms with van der Waals surface area (Å²) < 4.78 is 15.7. The highest BCUT2D eigenvalue weighted by atomic mass is 79.9. The molecule has 7 heteroatoms. The van der Waals surface area contributed by atoms with E-state index < -0.39 is 11.9 Å². The topological polar surface area (TPSA) is 65.1 Å². The third-order valence-corrected chi connectivity index (χ3v) is 3.86. The lowest BCUT2D eigenvalue weighted by molar-refractivity contribution is -0.140. The highest BCUT2D eigenvalue weighted by molar-refractivity contribution is 9.10. The summed E-state index contributed by atoms with van der Waals surface area (Å²) >= 11 is 3.47. The van der Waals surface area contributed by atoms with Crippen LogP contribution in [0.25, 0.3) is 0 Å². The minimum Gasteiger partial charge on any atom is -0.466 e. The fourth-order valence-electron chi connectivity index (χ4n) is 2.16. The first kappa shape index (κ1) is 16.5. The second-order valence-corrected chi connectivity index (χ2v) is 5.53. The highest BCUT2D eigenvalue weighted by Crippen LogP contribution is 2.33. The van der Waals surface area contributed by atoms with Gasteiger partial charge in [0.15, 0.2) is 0 Å². The number of benzene rings is 1. The predicted octanol–water partition coefficient (Wildman–Crippen LogP) is 2.15. The molecule has 0 saturated carbocycles. The average molecular weight is 370 g/mol. The van der Waals surface area contributed by atoms with E-state index in [1.54, 1.807) is 4.90 Å². The van der Waals surface area contributed by atoms with Crippen LogP contribution >= 0.6 is 15.9 Å². The van der Waals surface area contributed by atoms with Crippen LogP contribution in [0.4, 0.5) is 5.69 Å². The Hall–Kier alpha value is -1.86. The number of anilines is 1. The van der Waals surface area contributed by atoms with Crippen LogP contribution in [0.5, 0.6) is 0 Å². The molecule has 1 heterocycles. The van der Waals surface area contributed by atoms with E-state index in [-0.39, 0.29) is 24.6 Å². The van der Waals surface area contributed by atoms with E-state index in [4.69, 9.17) is 14.2 Å². The largest absolute Gasteiger partial charge is 0.466 e. The summed E-state index contributed by atoms with van der Waals surface area (Å²) in [6.45, 7) is 2.09. The van der Waals surface area contributed by atoms with Crippen molar-refractivity contribution in [3.8, 4) is 0 Å².